The number of amides is 1. The highest BCUT2D eigenvalue weighted by molar-refractivity contribution is 9.10. The average Bonchev–Trinajstić information content (AvgIpc) is 3.18. The molecule has 1 amide bonds. The van der Waals surface area contributed by atoms with E-state index in [1.165, 1.54) is 17.7 Å². The standard InChI is InChI=1S/C25H27BrClN3O4/c1-15-10-16(2-3-20(15)27)14-29-8-6-19(7-9-29)30-21(4-5-24(30)32)22(31)13-18-11-17(25(33)34)12-23(26)28-18/h2-3,10-12,19,21H,4-9,13-14H2,1H3,(H,33,34)/t21-/m1/s1. The molecule has 4 rings (SSSR count). The molecule has 1 aromatic heterocycles. The summed E-state index contributed by atoms with van der Waals surface area (Å²) in [5, 5.41) is 10.0. The minimum absolute atomic E-state index is 0.00291. The van der Waals surface area contributed by atoms with Crippen LogP contribution in [0.1, 0.15) is 52.9 Å². The summed E-state index contributed by atoms with van der Waals surface area (Å²) in [6.45, 7) is 4.54. The minimum atomic E-state index is -1.07. The number of carbonyl (C=O) groups is 3. The van der Waals surface area contributed by atoms with E-state index in [1.807, 2.05) is 19.1 Å². The quantitative estimate of drug-likeness (QED) is 0.520. The third-order valence-corrected chi connectivity index (χ3v) is 7.49. The molecule has 0 unspecified atom stereocenters. The van der Waals surface area contributed by atoms with Crippen molar-refractivity contribution in [3.63, 3.8) is 0 Å². The van der Waals surface area contributed by atoms with E-state index in [0.29, 0.717) is 23.1 Å². The van der Waals surface area contributed by atoms with Crippen LogP contribution in [-0.4, -0.2) is 62.7 Å². The number of hydrogen-bond acceptors (Lipinski definition) is 5. The lowest BCUT2D eigenvalue weighted by Gasteiger charge is -2.39. The predicted octanol–water partition coefficient (Wildman–Crippen LogP) is 4.27. The van der Waals surface area contributed by atoms with Gasteiger partial charge in [-0.2, -0.15) is 0 Å². The second-order valence-corrected chi connectivity index (χ2v) is 10.3. The maximum atomic E-state index is 13.2. The maximum Gasteiger partial charge on any atom is 0.335 e. The molecular formula is C25H27BrClN3O4. The summed E-state index contributed by atoms with van der Waals surface area (Å²) in [6, 6.07) is 8.47. The smallest absolute Gasteiger partial charge is 0.335 e. The van der Waals surface area contributed by atoms with Crippen molar-refractivity contribution in [2.45, 2.75) is 57.7 Å². The molecule has 0 saturated carbocycles. The van der Waals surface area contributed by atoms with Crippen molar-refractivity contribution >= 4 is 45.2 Å². The second-order valence-electron chi connectivity index (χ2n) is 9.06. The number of carboxylic acids is 1. The van der Waals surface area contributed by atoms with E-state index in [1.54, 1.807) is 4.90 Å². The highest BCUT2D eigenvalue weighted by Crippen LogP contribution is 2.29. The van der Waals surface area contributed by atoms with Gasteiger partial charge in [0.05, 0.1) is 23.7 Å². The Morgan fingerprint density at radius 2 is 1.91 bits per heavy atom. The van der Waals surface area contributed by atoms with Crippen molar-refractivity contribution in [3.05, 3.63) is 62.3 Å². The van der Waals surface area contributed by atoms with Crippen LogP contribution in [-0.2, 0) is 22.6 Å². The number of nitrogens with zero attached hydrogens (tertiary/aromatic N) is 3. The van der Waals surface area contributed by atoms with Crippen LogP contribution in [0.25, 0.3) is 0 Å². The molecule has 180 valence electrons. The molecule has 9 heteroatoms. The van der Waals surface area contributed by atoms with Gasteiger partial charge in [-0.15, -0.1) is 0 Å². The summed E-state index contributed by atoms with van der Waals surface area (Å²) in [5.74, 6) is -1.14. The van der Waals surface area contributed by atoms with E-state index in [-0.39, 0.29) is 29.7 Å². The molecular weight excluding hydrogens is 522 g/mol. The van der Waals surface area contributed by atoms with Gasteiger partial charge in [0, 0.05) is 37.1 Å². The number of carbonyl (C=O) groups excluding carboxylic acids is 2. The van der Waals surface area contributed by atoms with Crippen molar-refractivity contribution in [1.29, 1.82) is 0 Å². The highest BCUT2D eigenvalue weighted by atomic mass is 79.9. The Labute approximate surface area is 212 Å². The Morgan fingerprint density at radius 1 is 1.18 bits per heavy atom. The summed E-state index contributed by atoms with van der Waals surface area (Å²) in [5.41, 5.74) is 2.75. The van der Waals surface area contributed by atoms with Gasteiger partial charge in [-0.1, -0.05) is 23.7 Å². The van der Waals surface area contributed by atoms with Crippen molar-refractivity contribution in [2.24, 2.45) is 0 Å². The number of likely N-dealkylation sites (tertiary alicyclic amines) is 2. The van der Waals surface area contributed by atoms with E-state index in [0.717, 1.165) is 43.1 Å². The topological polar surface area (TPSA) is 90.8 Å². The monoisotopic (exact) mass is 547 g/mol. The zero-order valence-electron chi connectivity index (χ0n) is 19.0. The number of carboxylic acid groups (broad SMARTS) is 1. The summed E-state index contributed by atoms with van der Waals surface area (Å²) in [4.78, 5) is 45.6. The van der Waals surface area contributed by atoms with Gasteiger partial charge in [0.2, 0.25) is 5.91 Å². The Kier molecular flexibility index (Phi) is 7.70. The molecule has 1 aromatic carbocycles. The Bertz CT molecular complexity index is 1120. The Balaban J connectivity index is 1.39. The molecule has 2 aliphatic rings. The van der Waals surface area contributed by atoms with Gasteiger partial charge in [-0.25, -0.2) is 9.78 Å². The van der Waals surface area contributed by atoms with E-state index in [4.69, 9.17) is 11.6 Å². The third kappa shape index (κ3) is 5.67. The van der Waals surface area contributed by atoms with Crippen molar-refractivity contribution < 1.29 is 19.5 Å². The van der Waals surface area contributed by atoms with Crippen LogP contribution < -0.4 is 0 Å². The minimum Gasteiger partial charge on any atom is -0.478 e. The summed E-state index contributed by atoms with van der Waals surface area (Å²) >= 11 is 9.35. The van der Waals surface area contributed by atoms with Gasteiger partial charge in [0.25, 0.3) is 0 Å². The lowest BCUT2D eigenvalue weighted by molar-refractivity contribution is -0.137. The Hall–Kier alpha value is -2.29. The van der Waals surface area contributed by atoms with Gasteiger partial charge in [0.1, 0.15) is 4.60 Å². The van der Waals surface area contributed by atoms with Gasteiger partial charge in [-0.3, -0.25) is 14.5 Å². The van der Waals surface area contributed by atoms with E-state index in [2.05, 4.69) is 31.9 Å². The van der Waals surface area contributed by atoms with Crippen LogP contribution in [0, 0.1) is 6.92 Å². The normalized spacial score (nSPS) is 19.6. The lowest BCUT2D eigenvalue weighted by atomic mass is 9.98. The summed E-state index contributed by atoms with van der Waals surface area (Å²) < 4.78 is 0.373. The molecule has 34 heavy (non-hydrogen) atoms. The van der Waals surface area contributed by atoms with Crippen LogP contribution in [0.15, 0.2) is 34.9 Å². The maximum absolute atomic E-state index is 13.2. The SMILES string of the molecule is Cc1cc(CN2CCC(N3C(=O)CC[C@@H]3C(=O)Cc3cc(C(=O)O)cc(Br)n3)CC2)ccc1Cl. The molecule has 1 N–H and O–H groups in total. The zero-order chi connectivity index (χ0) is 24.4. The second kappa shape index (κ2) is 10.5. The zero-order valence-corrected chi connectivity index (χ0v) is 21.3. The molecule has 7 nitrogen and oxygen atoms in total. The van der Waals surface area contributed by atoms with Crippen LogP contribution >= 0.6 is 27.5 Å². The van der Waals surface area contributed by atoms with Gasteiger partial charge < -0.3 is 10.0 Å². The van der Waals surface area contributed by atoms with Gasteiger partial charge >= 0.3 is 5.97 Å². The average molecular weight is 549 g/mol. The van der Waals surface area contributed by atoms with Crippen molar-refractivity contribution in [2.75, 3.05) is 13.1 Å². The molecule has 2 aromatic rings. The van der Waals surface area contributed by atoms with E-state index >= 15 is 0 Å². The van der Waals surface area contributed by atoms with Crippen LogP contribution in [0.3, 0.4) is 0 Å². The molecule has 0 bridgehead atoms. The summed E-state index contributed by atoms with van der Waals surface area (Å²) in [6.07, 6.45) is 2.51. The van der Waals surface area contributed by atoms with Crippen LogP contribution in [0.4, 0.5) is 0 Å². The van der Waals surface area contributed by atoms with Crippen LogP contribution in [0.5, 0.6) is 0 Å². The van der Waals surface area contributed by atoms with E-state index < -0.39 is 12.0 Å². The fraction of sp³-hybridized carbons (Fsp3) is 0.440. The first-order chi connectivity index (χ1) is 16.2. The van der Waals surface area contributed by atoms with Crippen molar-refractivity contribution in [1.82, 2.24) is 14.8 Å². The van der Waals surface area contributed by atoms with E-state index in [9.17, 15) is 19.5 Å². The lowest BCUT2D eigenvalue weighted by Crippen LogP contribution is -2.50. The number of aryl methyl sites for hydroxylation is 1. The number of Topliss-reactive ketones (excluding diaryl/α,β-unsaturated/α-hetero) is 1. The first-order valence-corrected chi connectivity index (χ1v) is 12.6. The first kappa shape index (κ1) is 24.8. The Morgan fingerprint density at radius 3 is 2.59 bits per heavy atom. The number of aromatic nitrogens is 1. The summed E-state index contributed by atoms with van der Waals surface area (Å²) in [7, 11) is 0. The fourth-order valence-corrected chi connectivity index (χ4v) is 5.55. The number of pyridine rings is 1. The van der Waals surface area contributed by atoms with Crippen LogP contribution in [0.2, 0.25) is 5.02 Å². The molecule has 1 atom stereocenters. The molecule has 2 saturated heterocycles. The number of aromatic carboxylic acids is 1. The van der Waals surface area contributed by atoms with Crippen molar-refractivity contribution in [3.8, 4) is 0 Å². The molecule has 2 aliphatic heterocycles. The number of ketones is 1. The number of halogens is 2. The molecule has 0 aliphatic carbocycles. The third-order valence-electron chi connectivity index (χ3n) is 6.66. The number of piperidine rings is 1. The molecule has 2 fully saturated rings. The fourth-order valence-electron chi connectivity index (χ4n) is 4.96. The first-order valence-electron chi connectivity index (χ1n) is 11.4. The highest BCUT2D eigenvalue weighted by Gasteiger charge is 2.41. The number of rotatable bonds is 7. The molecule has 3 heterocycles. The number of hydrogen-bond donors (Lipinski definition) is 1. The number of benzene rings is 1. The largest absolute Gasteiger partial charge is 0.478 e. The van der Waals surface area contributed by atoms with Gasteiger partial charge in [-0.05, 0) is 71.4 Å². The molecule has 0 radical (unpaired) electrons. The predicted molar refractivity (Wildman–Crippen MR) is 132 cm³/mol. The van der Waals surface area contributed by atoms with Gasteiger partial charge in [0.15, 0.2) is 5.78 Å². The molecule has 0 spiro atoms.